The molecular weight excluding hydrogens is 768 g/mol. The van der Waals surface area contributed by atoms with Crippen molar-refractivity contribution in [2.45, 2.75) is 56.1 Å². The van der Waals surface area contributed by atoms with Gasteiger partial charge in [-0.25, -0.2) is 0 Å². The van der Waals surface area contributed by atoms with E-state index in [4.69, 9.17) is 31.9 Å². The molecule has 306 valence electrons. The first-order valence-electron chi connectivity index (χ1n) is 18.7. The second kappa shape index (κ2) is 23.1. The molecule has 2 heterocycles. The Morgan fingerprint density at radius 3 is 2.34 bits per heavy atom. The van der Waals surface area contributed by atoms with Gasteiger partial charge in [-0.1, -0.05) is 23.7 Å². The van der Waals surface area contributed by atoms with E-state index in [0.29, 0.717) is 42.4 Å². The number of anilines is 1. The number of nitrogens with two attached hydrogens (primary N) is 1. The summed E-state index contributed by atoms with van der Waals surface area (Å²) in [5.74, 6) is -4.50. The highest BCUT2D eigenvalue weighted by Crippen LogP contribution is 2.23. The molecule has 3 atom stereocenters. The second-order valence-corrected chi connectivity index (χ2v) is 15.1. The van der Waals surface area contributed by atoms with Crippen LogP contribution in [0.15, 0.2) is 48.5 Å². The molecule has 18 heteroatoms. The van der Waals surface area contributed by atoms with Gasteiger partial charge >= 0.3 is 11.9 Å². The number of carboxylic acid groups (broad SMARTS) is 2. The lowest BCUT2D eigenvalue weighted by Gasteiger charge is -2.35. The van der Waals surface area contributed by atoms with Gasteiger partial charge in [-0.2, -0.15) is 0 Å². The third-order valence-corrected chi connectivity index (χ3v) is 10.8. The highest BCUT2D eigenvalue weighted by molar-refractivity contribution is 8.01. The Morgan fingerprint density at radius 2 is 1.70 bits per heavy atom. The van der Waals surface area contributed by atoms with Crippen LogP contribution < -0.4 is 21.3 Å². The van der Waals surface area contributed by atoms with Crippen LogP contribution in [0, 0.1) is 0 Å². The van der Waals surface area contributed by atoms with Crippen LogP contribution in [-0.4, -0.2) is 144 Å². The van der Waals surface area contributed by atoms with Crippen molar-refractivity contribution in [3.63, 3.8) is 0 Å². The van der Waals surface area contributed by atoms with Crippen molar-refractivity contribution in [3.05, 3.63) is 64.7 Å². The molecule has 0 saturated carbocycles. The van der Waals surface area contributed by atoms with Gasteiger partial charge < -0.3 is 45.9 Å². The highest BCUT2D eigenvalue weighted by atomic mass is 35.5. The summed E-state index contributed by atoms with van der Waals surface area (Å²) in [6.45, 7) is 3.44. The summed E-state index contributed by atoms with van der Waals surface area (Å²) in [6, 6.07) is 13.1. The fourth-order valence-electron chi connectivity index (χ4n) is 6.09. The lowest BCUT2D eigenvalue weighted by Crippen LogP contribution is -2.49. The van der Waals surface area contributed by atoms with Gasteiger partial charge in [0.15, 0.2) is 11.5 Å². The summed E-state index contributed by atoms with van der Waals surface area (Å²) in [7, 11) is 0. The molecule has 56 heavy (non-hydrogen) atoms. The number of hydrogen-bond donors (Lipinski definition) is 5. The van der Waals surface area contributed by atoms with E-state index >= 15 is 0 Å². The molecule has 0 spiro atoms. The Kier molecular flexibility index (Phi) is 18.3. The smallest absolute Gasteiger partial charge is 0.322 e. The third-order valence-electron chi connectivity index (χ3n) is 9.32. The van der Waals surface area contributed by atoms with Crippen molar-refractivity contribution in [1.29, 1.82) is 0 Å². The summed E-state index contributed by atoms with van der Waals surface area (Å²) in [6.07, 6.45) is 2.81. The van der Waals surface area contributed by atoms with E-state index in [-0.39, 0.29) is 44.2 Å². The minimum absolute atomic E-state index is 0.0216. The van der Waals surface area contributed by atoms with Gasteiger partial charge in [-0.15, -0.1) is 11.8 Å². The van der Waals surface area contributed by atoms with Gasteiger partial charge in [0.25, 0.3) is 5.91 Å². The Hall–Kier alpha value is -4.26. The topological polar surface area (TPSA) is 221 Å². The van der Waals surface area contributed by atoms with Crippen LogP contribution >= 0.6 is 23.4 Å². The molecule has 2 unspecified atom stereocenters. The maximum atomic E-state index is 14.2. The number of carbonyl (C=O) groups excluding carboxylic acids is 4. The molecule has 4 amide bonds. The largest absolute Gasteiger partial charge is 0.480 e. The van der Waals surface area contributed by atoms with E-state index in [1.807, 2.05) is 24.3 Å². The number of carbonyl (C=O) groups is 6. The van der Waals surface area contributed by atoms with Crippen molar-refractivity contribution in [1.82, 2.24) is 20.4 Å². The van der Waals surface area contributed by atoms with E-state index in [2.05, 4.69) is 15.5 Å². The molecule has 0 radical (unpaired) electrons. The molecule has 2 aromatic rings. The SMILES string of the molecule is N[C@H](CCC(=O)NCCSC(C(=O)NCC(=O)O)C(=O)N(CCOC1CCCCO1)c1ccc(C(=O)N2CCN(CCc3ccc(Cl)cc3)CC2)cc1)C(=O)O. The molecule has 16 nitrogen and oxygen atoms in total. The van der Waals surface area contributed by atoms with Crippen LogP contribution in [0.3, 0.4) is 0 Å². The lowest BCUT2D eigenvalue weighted by molar-refractivity contribution is -0.161. The summed E-state index contributed by atoms with van der Waals surface area (Å²) in [5.41, 5.74) is 7.50. The van der Waals surface area contributed by atoms with Crippen LogP contribution in [0.1, 0.15) is 48.0 Å². The van der Waals surface area contributed by atoms with E-state index in [1.165, 1.54) is 10.5 Å². The van der Waals surface area contributed by atoms with Crippen molar-refractivity contribution in [2.24, 2.45) is 5.73 Å². The molecule has 4 rings (SSSR count). The van der Waals surface area contributed by atoms with Crippen molar-refractivity contribution in [2.75, 3.05) is 76.2 Å². The van der Waals surface area contributed by atoms with Crippen LogP contribution in [-0.2, 0) is 39.9 Å². The Morgan fingerprint density at radius 1 is 0.982 bits per heavy atom. The predicted molar refractivity (Wildman–Crippen MR) is 211 cm³/mol. The monoisotopic (exact) mass is 818 g/mol. The van der Waals surface area contributed by atoms with E-state index < -0.39 is 53.8 Å². The number of amides is 4. The van der Waals surface area contributed by atoms with Gasteiger partial charge in [0, 0.05) is 80.9 Å². The number of hydrogen-bond acceptors (Lipinski definition) is 11. The van der Waals surface area contributed by atoms with Crippen molar-refractivity contribution in [3.8, 4) is 0 Å². The number of ether oxygens (including phenoxy) is 2. The minimum atomic E-state index is -1.41. The number of nitrogens with one attached hydrogen (secondary N) is 2. The van der Waals surface area contributed by atoms with Crippen LogP contribution in [0.5, 0.6) is 0 Å². The zero-order valence-electron chi connectivity index (χ0n) is 31.2. The second-order valence-electron chi connectivity index (χ2n) is 13.4. The predicted octanol–water partition coefficient (Wildman–Crippen LogP) is 1.83. The molecule has 2 aromatic carbocycles. The first kappa shape index (κ1) is 44.5. The number of benzene rings is 2. The minimum Gasteiger partial charge on any atom is -0.480 e. The summed E-state index contributed by atoms with van der Waals surface area (Å²) >= 11 is 6.91. The van der Waals surface area contributed by atoms with Gasteiger partial charge in [0.05, 0.1) is 6.61 Å². The molecule has 2 fully saturated rings. The number of aliphatic carboxylic acids is 2. The molecule has 2 aliphatic heterocycles. The Balaban J connectivity index is 1.41. The zero-order chi connectivity index (χ0) is 40.5. The number of halogens is 1. The van der Waals surface area contributed by atoms with Gasteiger partial charge in [-0.05, 0) is 74.1 Å². The van der Waals surface area contributed by atoms with E-state index in [1.54, 1.807) is 29.2 Å². The normalized spacial score (nSPS) is 17.0. The molecule has 2 saturated heterocycles. The number of carboxylic acids is 2. The van der Waals surface area contributed by atoms with Crippen LogP contribution in [0.2, 0.25) is 5.02 Å². The molecule has 2 aliphatic rings. The zero-order valence-corrected chi connectivity index (χ0v) is 32.8. The summed E-state index contributed by atoms with van der Waals surface area (Å²) in [5, 5.41) is 22.3. The molecule has 0 aliphatic carbocycles. The van der Waals surface area contributed by atoms with Crippen LogP contribution in [0.25, 0.3) is 0 Å². The molecule has 0 aromatic heterocycles. The van der Waals surface area contributed by atoms with Crippen molar-refractivity contribution >= 4 is 64.6 Å². The lowest BCUT2D eigenvalue weighted by atomic mass is 10.1. The Bertz CT molecular complexity index is 1620. The van der Waals surface area contributed by atoms with E-state index in [9.17, 15) is 33.9 Å². The number of thioether (sulfide) groups is 1. The summed E-state index contributed by atoms with van der Waals surface area (Å²) in [4.78, 5) is 80.9. The quantitative estimate of drug-likeness (QED) is 0.0898. The first-order valence-corrected chi connectivity index (χ1v) is 20.1. The standard InChI is InChI=1S/C38H51ClN6O10S/c39-28-8-4-26(5-9-28)14-16-43-17-19-44(20-18-43)36(50)27-6-10-29(11-7-27)45(21-23-55-33-3-1-2-22-54-33)37(51)34(35(49)42-25-32(47)48)56-24-15-41-31(46)13-12-30(40)38(52)53/h4-11,30,33-34H,1-3,12-25,40H2,(H,41,46)(H,42,49)(H,47,48)(H,52,53)/t30-,33?,34?/m1/s1. The van der Waals surface area contributed by atoms with Gasteiger partial charge in [-0.3, -0.25) is 33.7 Å². The fraction of sp³-hybridized carbons (Fsp3) is 0.526. The van der Waals surface area contributed by atoms with Gasteiger partial charge in [0.2, 0.25) is 17.7 Å². The molecule has 0 bridgehead atoms. The van der Waals surface area contributed by atoms with E-state index in [0.717, 1.165) is 50.7 Å². The van der Waals surface area contributed by atoms with Crippen molar-refractivity contribution < 1.29 is 48.5 Å². The average molecular weight is 819 g/mol. The number of rotatable bonds is 21. The van der Waals surface area contributed by atoms with Gasteiger partial charge in [0.1, 0.15) is 12.6 Å². The maximum absolute atomic E-state index is 14.2. The highest BCUT2D eigenvalue weighted by Gasteiger charge is 2.33. The number of piperazine rings is 1. The maximum Gasteiger partial charge on any atom is 0.322 e. The fourth-order valence-corrected chi connectivity index (χ4v) is 7.17. The summed E-state index contributed by atoms with van der Waals surface area (Å²) < 4.78 is 11.6. The first-order chi connectivity index (χ1) is 26.9. The van der Waals surface area contributed by atoms with Crippen LogP contribution in [0.4, 0.5) is 5.69 Å². The number of nitrogens with zero attached hydrogens (tertiary/aromatic N) is 3. The Labute approximate surface area is 335 Å². The third kappa shape index (κ3) is 14.7. The average Bonchev–Trinajstić information content (AvgIpc) is 3.20. The molecular formula is C38H51ClN6O10S. The molecule has 6 N–H and O–H groups in total.